The highest BCUT2D eigenvalue weighted by Gasteiger charge is 2.33. The first-order valence-corrected chi connectivity index (χ1v) is 27.1. The normalized spacial score (nSPS) is 13.7. The Kier molecular flexibility index (Phi) is 13.2. The highest BCUT2D eigenvalue weighted by molar-refractivity contribution is 6.09. The minimum absolute atomic E-state index is 0.0299. The molecule has 0 radical (unpaired) electrons. The Morgan fingerprint density at radius 3 is 1.61 bits per heavy atom. The van der Waals surface area contributed by atoms with E-state index in [9.17, 15) is 0 Å². The van der Waals surface area contributed by atoms with E-state index in [-0.39, 0.29) is 21.7 Å². The summed E-state index contributed by atoms with van der Waals surface area (Å²) in [6.45, 7) is 33.1. The molecule has 5 nitrogen and oxygen atoms in total. The molecule has 382 valence electrons. The molecule has 0 amide bonds. The van der Waals surface area contributed by atoms with Crippen LogP contribution in [0.4, 0.5) is 11.4 Å². The summed E-state index contributed by atoms with van der Waals surface area (Å²) >= 11 is 0. The molecule has 7 aromatic carbocycles. The fraction of sp³-hybridized carbons (Fsp3) is 0.300. The number of rotatable bonds is 12. The minimum Gasteiger partial charge on any atom is -0.457 e. The zero-order valence-electron chi connectivity index (χ0n) is 46.9. The van der Waals surface area contributed by atoms with Crippen LogP contribution in [0.15, 0.2) is 182 Å². The maximum absolute atomic E-state index is 7.27. The van der Waals surface area contributed by atoms with Crippen LogP contribution in [0.2, 0.25) is 0 Å². The molecule has 0 saturated carbocycles. The van der Waals surface area contributed by atoms with E-state index in [0.29, 0.717) is 18.5 Å². The monoisotopic (exact) mass is 989 g/mol. The van der Waals surface area contributed by atoms with Gasteiger partial charge in [0.05, 0.1) is 23.4 Å². The van der Waals surface area contributed by atoms with Crippen LogP contribution in [-0.2, 0) is 21.7 Å². The maximum atomic E-state index is 7.27. The lowest BCUT2D eigenvalue weighted by Gasteiger charge is -2.32. The zero-order chi connectivity index (χ0) is 53.2. The van der Waals surface area contributed by atoms with E-state index in [1.165, 1.54) is 66.8 Å². The van der Waals surface area contributed by atoms with Crippen LogP contribution in [-0.4, -0.2) is 16.2 Å². The number of anilines is 2. The molecule has 2 aromatic heterocycles. The van der Waals surface area contributed by atoms with Gasteiger partial charge in [0, 0.05) is 63.1 Å². The van der Waals surface area contributed by atoms with Crippen molar-refractivity contribution in [3.8, 4) is 17.3 Å². The van der Waals surface area contributed by atoms with E-state index in [1.807, 2.05) is 6.20 Å². The number of hydrogen-bond donors (Lipinski definition) is 0. The lowest BCUT2D eigenvalue weighted by atomic mass is 9.78. The van der Waals surface area contributed by atoms with Gasteiger partial charge in [0.25, 0.3) is 0 Å². The van der Waals surface area contributed by atoms with Gasteiger partial charge in [-0.25, -0.2) is 4.98 Å². The summed E-state index contributed by atoms with van der Waals surface area (Å²) in [5.41, 5.74) is 16.5. The number of hydrogen-bond acceptors (Lipinski definition) is 4. The van der Waals surface area contributed by atoms with Gasteiger partial charge in [-0.1, -0.05) is 200 Å². The molecule has 0 fully saturated rings. The van der Waals surface area contributed by atoms with Gasteiger partial charge in [0.15, 0.2) is 0 Å². The van der Waals surface area contributed by atoms with Crippen molar-refractivity contribution in [2.75, 3.05) is 16.5 Å². The van der Waals surface area contributed by atoms with Crippen molar-refractivity contribution in [2.45, 2.75) is 130 Å². The zero-order valence-corrected chi connectivity index (χ0v) is 46.9. The molecule has 0 aliphatic carbocycles. The minimum atomic E-state index is -0.360. The van der Waals surface area contributed by atoms with Gasteiger partial charge >= 0.3 is 0 Å². The second-order valence-electron chi connectivity index (χ2n) is 24.7. The molecule has 0 bridgehead atoms. The number of aromatic nitrogens is 2. The molecule has 0 atom stereocenters. The van der Waals surface area contributed by atoms with Crippen molar-refractivity contribution in [3.63, 3.8) is 0 Å². The highest BCUT2D eigenvalue weighted by atomic mass is 16.5. The van der Waals surface area contributed by atoms with E-state index in [4.69, 9.17) is 9.72 Å². The summed E-state index contributed by atoms with van der Waals surface area (Å²) in [6, 6.07) is 62.3. The largest absolute Gasteiger partial charge is 0.457 e. The first-order chi connectivity index (χ1) is 35.6. The SMILES string of the molecule is CC(C)c1cccc(C(C)C)c1C1=CN(c2cc(C(C)(C)C)cc(C(C)(C)C)c2)CN1c1cc(Oc2ccc3c4ccccc4n(-c4cc(C(C)(C)c5ccccc5)ccn4)c3c2)cc(C(C)(C)c2ccccc2)c1. The molecule has 1 aliphatic heterocycles. The first kappa shape index (κ1) is 51.1. The van der Waals surface area contributed by atoms with Crippen molar-refractivity contribution >= 4 is 38.9 Å². The number of ether oxygens (including phenoxy) is 1. The Hall–Kier alpha value is -7.37. The molecule has 0 spiro atoms. The molecule has 10 rings (SSSR count). The van der Waals surface area contributed by atoms with Crippen LogP contribution in [0.25, 0.3) is 33.3 Å². The Labute approximate surface area is 447 Å². The van der Waals surface area contributed by atoms with E-state index in [0.717, 1.165) is 39.4 Å². The second kappa shape index (κ2) is 19.4. The highest BCUT2D eigenvalue weighted by Crippen LogP contribution is 2.46. The van der Waals surface area contributed by atoms with Crippen LogP contribution in [0.5, 0.6) is 11.5 Å². The predicted octanol–water partition coefficient (Wildman–Crippen LogP) is 18.7. The van der Waals surface area contributed by atoms with E-state index < -0.39 is 0 Å². The summed E-state index contributed by atoms with van der Waals surface area (Å²) in [4.78, 5) is 10.1. The average Bonchev–Trinajstić information content (AvgIpc) is 4.00. The lowest BCUT2D eigenvalue weighted by Crippen LogP contribution is -2.28. The smallest absolute Gasteiger partial charge is 0.137 e. The van der Waals surface area contributed by atoms with Gasteiger partial charge in [0.1, 0.15) is 17.3 Å². The molecular formula is C70H76N4O. The van der Waals surface area contributed by atoms with Crippen molar-refractivity contribution in [1.82, 2.24) is 9.55 Å². The molecule has 0 saturated heterocycles. The summed E-state index contributed by atoms with van der Waals surface area (Å²) in [7, 11) is 0. The summed E-state index contributed by atoms with van der Waals surface area (Å²) in [5, 5.41) is 2.32. The Morgan fingerprint density at radius 2 is 1.01 bits per heavy atom. The van der Waals surface area contributed by atoms with Crippen LogP contribution in [0.3, 0.4) is 0 Å². The van der Waals surface area contributed by atoms with Crippen LogP contribution in [0, 0.1) is 0 Å². The van der Waals surface area contributed by atoms with Crippen LogP contribution in [0.1, 0.15) is 159 Å². The lowest BCUT2D eigenvalue weighted by molar-refractivity contribution is 0.480. The topological polar surface area (TPSA) is 33.5 Å². The molecule has 9 aromatic rings. The van der Waals surface area contributed by atoms with Gasteiger partial charge in [-0.15, -0.1) is 0 Å². The second-order valence-corrected chi connectivity index (χ2v) is 24.7. The Bertz CT molecular complexity index is 3520. The first-order valence-electron chi connectivity index (χ1n) is 27.1. The number of nitrogens with zero attached hydrogens (tertiary/aromatic N) is 4. The fourth-order valence-electron chi connectivity index (χ4n) is 11.1. The number of fused-ring (bicyclic) bond motifs is 3. The van der Waals surface area contributed by atoms with Crippen molar-refractivity contribution in [2.24, 2.45) is 0 Å². The van der Waals surface area contributed by atoms with E-state index >= 15 is 0 Å². The van der Waals surface area contributed by atoms with Crippen LogP contribution < -0.4 is 14.5 Å². The van der Waals surface area contributed by atoms with Gasteiger partial charge < -0.3 is 14.5 Å². The van der Waals surface area contributed by atoms with E-state index in [1.54, 1.807) is 0 Å². The predicted molar refractivity (Wildman–Crippen MR) is 318 cm³/mol. The molecule has 0 N–H and O–H groups in total. The molecule has 3 heterocycles. The van der Waals surface area contributed by atoms with Gasteiger partial charge in [0.2, 0.25) is 0 Å². The molecular weight excluding hydrogens is 913 g/mol. The number of benzene rings is 7. The van der Waals surface area contributed by atoms with Crippen molar-refractivity contribution in [1.29, 1.82) is 0 Å². The molecule has 5 heteroatoms. The van der Waals surface area contributed by atoms with Crippen molar-refractivity contribution in [3.05, 3.63) is 232 Å². The van der Waals surface area contributed by atoms with E-state index in [2.05, 4.69) is 287 Å². The Morgan fingerprint density at radius 1 is 0.453 bits per heavy atom. The summed E-state index contributed by atoms with van der Waals surface area (Å²) in [6.07, 6.45) is 4.38. The summed E-state index contributed by atoms with van der Waals surface area (Å²) < 4.78 is 9.57. The third-order valence-electron chi connectivity index (χ3n) is 16.0. The molecule has 1 aliphatic rings. The molecule has 75 heavy (non-hydrogen) atoms. The fourth-order valence-corrected chi connectivity index (χ4v) is 11.1. The standard InChI is InChI=1S/C70H76N4O/c1-46(2)58-29-23-30-59(47(3)4)66(58)64-44-72(54-37-51(67(5,6)7)36-52(38-54)68(8,9)10)45-73(64)55-39-53(70(13,14)49-26-19-16-20-27-49)40-57(42-55)75-56-32-33-61-60-28-21-22-31-62(60)74(63(61)43-56)65-41-50(34-35-71-65)69(11,12)48-24-17-15-18-25-48/h15-44,46-47H,45H2,1-14H3. The maximum Gasteiger partial charge on any atom is 0.137 e. The third kappa shape index (κ3) is 9.79. The Balaban J connectivity index is 1.15. The van der Waals surface area contributed by atoms with Gasteiger partial charge in [-0.3, -0.25) is 4.57 Å². The van der Waals surface area contributed by atoms with Crippen LogP contribution >= 0.6 is 0 Å². The van der Waals surface area contributed by atoms with Crippen molar-refractivity contribution < 1.29 is 4.74 Å². The molecule has 0 unspecified atom stereocenters. The summed E-state index contributed by atoms with van der Waals surface area (Å²) in [5.74, 6) is 3.03. The average molecular weight is 989 g/mol. The quantitative estimate of drug-likeness (QED) is 0.122. The number of pyridine rings is 1. The third-order valence-corrected chi connectivity index (χ3v) is 16.0. The van der Waals surface area contributed by atoms with Gasteiger partial charge in [-0.05, 0) is 122 Å². The van der Waals surface area contributed by atoms with Gasteiger partial charge in [-0.2, -0.15) is 0 Å². The number of para-hydroxylation sites is 1.